The number of carbonyl (C=O) groups is 2. The number of nitrogens with zero attached hydrogens (tertiary/aromatic N) is 1. The smallest absolute Gasteiger partial charge is 0.456 e. The Balaban J connectivity index is 5.22. The van der Waals surface area contributed by atoms with Crippen molar-refractivity contribution in [2.75, 3.05) is 40.9 Å². The molecule has 79 heavy (non-hydrogen) atoms. The van der Waals surface area contributed by atoms with Crippen molar-refractivity contribution in [1.82, 2.24) is 5.32 Å². The van der Waals surface area contributed by atoms with Crippen molar-refractivity contribution in [3.8, 4) is 0 Å². The van der Waals surface area contributed by atoms with Crippen LogP contribution in [-0.2, 0) is 27.9 Å². The number of ether oxygens (including phenoxy) is 1. The van der Waals surface area contributed by atoms with E-state index in [0.717, 1.165) is 96.3 Å². The summed E-state index contributed by atoms with van der Waals surface area (Å²) in [5.41, 5.74) is 0. The third-order valence-corrected chi connectivity index (χ3v) is 14.7. The quantitative estimate of drug-likeness (QED) is 0.0205. The van der Waals surface area contributed by atoms with Gasteiger partial charge in [-0.3, -0.25) is 18.6 Å². The van der Waals surface area contributed by atoms with Crippen LogP contribution in [0.3, 0.4) is 0 Å². The molecule has 0 rings (SSSR count). The van der Waals surface area contributed by atoms with Gasteiger partial charge in [0.25, 0.3) is 0 Å². The Labute approximate surface area is 487 Å². The van der Waals surface area contributed by atoms with Crippen molar-refractivity contribution in [1.29, 1.82) is 0 Å². The second-order valence-electron chi connectivity index (χ2n) is 22.6. The second kappa shape index (κ2) is 57.9. The highest BCUT2D eigenvalue weighted by atomic mass is 31.2. The number of nitrogens with one attached hydrogen (secondary N) is 1. The SMILES string of the molecule is CCCCC/C=C\C/C=C\C/C=C\C/C=C\CCCCCCCCCCCC(=O)NC(COP(=O)(O)OCC[N+](C)(C)C)C(/C=C\CCCCCCCCCCC)OC(=O)CCC/C=C\C/C=C\C/C=C\C/C=C\CCCCC. The molecule has 0 aliphatic carbocycles. The summed E-state index contributed by atoms with van der Waals surface area (Å²) in [4.78, 5) is 37.7. The zero-order valence-corrected chi connectivity index (χ0v) is 52.7. The highest BCUT2D eigenvalue weighted by Crippen LogP contribution is 2.43. The summed E-state index contributed by atoms with van der Waals surface area (Å²) in [7, 11) is 1.45. The van der Waals surface area contributed by atoms with E-state index in [1.54, 1.807) is 0 Å². The van der Waals surface area contributed by atoms with Crippen LogP contribution in [0.15, 0.2) is 109 Å². The number of esters is 1. The van der Waals surface area contributed by atoms with Crippen molar-refractivity contribution in [2.45, 2.75) is 277 Å². The average molecular weight is 1120 g/mol. The molecule has 0 saturated heterocycles. The molecule has 0 heterocycles. The number of unbranched alkanes of at least 4 members (excludes halogenated alkanes) is 25. The van der Waals surface area contributed by atoms with Gasteiger partial charge in [-0.15, -0.1) is 0 Å². The van der Waals surface area contributed by atoms with Gasteiger partial charge < -0.3 is 19.4 Å². The zero-order valence-electron chi connectivity index (χ0n) is 51.8. The topological polar surface area (TPSA) is 111 Å². The van der Waals surface area contributed by atoms with E-state index in [1.807, 2.05) is 33.3 Å². The van der Waals surface area contributed by atoms with Gasteiger partial charge in [-0.1, -0.05) is 246 Å². The van der Waals surface area contributed by atoms with E-state index >= 15 is 0 Å². The van der Waals surface area contributed by atoms with Gasteiger partial charge in [-0.2, -0.15) is 0 Å². The minimum atomic E-state index is -4.47. The minimum Gasteiger partial charge on any atom is -0.456 e. The molecular formula is C69H122N2O7P+. The van der Waals surface area contributed by atoms with Crippen molar-refractivity contribution in [2.24, 2.45) is 0 Å². The summed E-state index contributed by atoms with van der Waals surface area (Å²) < 4.78 is 30.6. The molecule has 3 unspecified atom stereocenters. The van der Waals surface area contributed by atoms with Crippen molar-refractivity contribution < 1.29 is 37.3 Å². The number of phosphoric acid groups is 1. The molecule has 0 aliphatic rings. The molecule has 454 valence electrons. The molecule has 0 radical (unpaired) electrons. The van der Waals surface area contributed by atoms with Gasteiger partial charge in [0.15, 0.2) is 0 Å². The molecule has 0 spiro atoms. The molecule has 10 heteroatoms. The Morgan fingerprint density at radius 3 is 1.20 bits per heavy atom. The molecule has 1 amide bonds. The Bertz CT molecular complexity index is 1720. The predicted octanol–water partition coefficient (Wildman–Crippen LogP) is 20.1. The number of hydrogen-bond donors (Lipinski definition) is 2. The van der Waals surface area contributed by atoms with Crippen LogP contribution in [-0.4, -0.2) is 74.3 Å². The van der Waals surface area contributed by atoms with Crippen LogP contribution in [0.5, 0.6) is 0 Å². The van der Waals surface area contributed by atoms with Crippen LogP contribution in [0.1, 0.15) is 265 Å². The van der Waals surface area contributed by atoms with E-state index in [0.29, 0.717) is 23.9 Å². The number of likely N-dealkylation sites (N-methyl/N-ethyl adjacent to an activating group) is 1. The molecule has 0 aromatic carbocycles. The Morgan fingerprint density at radius 1 is 0.443 bits per heavy atom. The van der Waals surface area contributed by atoms with E-state index in [9.17, 15) is 19.0 Å². The van der Waals surface area contributed by atoms with Crippen LogP contribution in [0.2, 0.25) is 0 Å². The van der Waals surface area contributed by atoms with Gasteiger partial charge in [0.1, 0.15) is 19.3 Å². The molecule has 0 aliphatic heterocycles. The van der Waals surface area contributed by atoms with E-state index in [2.05, 4.69) is 123 Å². The molecule has 9 nitrogen and oxygen atoms in total. The third-order valence-electron chi connectivity index (χ3n) is 13.7. The van der Waals surface area contributed by atoms with Gasteiger partial charge >= 0.3 is 13.8 Å². The van der Waals surface area contributed by atoms with E-state index in [-0.39, 0.29) is 31.5 Å². The first-order chi connectivity index (χ1) is 38.4. The number of carbonyl (C=O) groups excluding carboxylic acids is 2. The van der Waals surface area contributed by atoms with Crippen molar-refractivity contribution >= 4 is 19.7 Å². The summed E-state index contributed by atoms with van der Waals surface area (Å²) in [6, 6.07) is -0.880. The number of amides is 1. The highest BCUT2D eigenvalue weighted by molar-refractivity contribution is 7.47. The molecular weight excluding hydrogens is 1000 g/mol. The third kappa shape index (κ3) is 59.1. The lowest BCUT2D eigenvalue weighted by Crippen LogP contribution is -2.47. The fourth-order valence-corrected chi connectivity index (χ4v) is 9.42. The Kier molecular flexibility index (Phi) is 55.4. The monoisotopic (exact) mass is 1120 g/mol. The normalized spacial score (nSPS) is 14.4. The van der Waals surface area contributed by atoms with E-state index in [4.69, 9.17) is 13.8 Å². The fourth-order valence-electron chi connectivity index (χ4n) is 8.68. The summed E-state index contributed by atoms with van der Waals surface area (Å²) >= 11 is 0. The largest absolute Gasteiger partial charge is 0.472 e. The number of quaternary nitrogens is 1. The summed E-state index contributed by atoms with van der Waals surface area (Å²) in [6.45, 7) is 6.90. The summed E-state index contributed by atoms with van der Waals surface area (Å²) in [5.74, 6) is -0.582. The van der Waals surface area contributed by atoms with Crippen LogP contribution in [0.4, 0.5) is 0 Å². The summed E-state index contributed by atoms with van der Waals surface area (Å²) in [5, 5.41) is 3.04. The maximum absolute atomic E-state index is 13.6. The zero-order chi connectivity index (χ0) is 57.9. The number of hydrogen-bond acceptors (Lipinski definition) is 6. The van der Waals surface area contributed by atoms with Gasteiger partial charge in [0.2, 0.25) is 5.91 Å². The summed E-state index contributed by atoms with van der Waals surface area (Å²) in [6.07, 6.45) is 79.5. The highest BCUT2D eigenvalue weighted by Gasteiger charge is 2.30. The lowest BCUT2D eigenvalue weighted by molar-refractivity contribution is -0.870. The Morgan fingerprint density at radius 2 is 0.785 bits per heavy atom. The number of rotatable bonds is 57. The van der Waals surface area contributed by atoms with Crippen molar-refractivity contribution in [3.05, 3.63) is 109 Å². The molecule has 3 atom stereocenters. The second-order valence-corrected chi connectivity index (χ2v) is 24.0. The van der Waals surface area contributed by atoms with Gasteiger partial charge in [-0.25, -0.2) is 4.57 Å². The Hall–Kier alpha value is -3.33. The molecule has 2 N–H and O–H groups in total. The van der Waals surface area contributed by atoms with Crippen LogP contribution in [0.25, 0.3) is 0 Å². The maximum atomic E-state index is 13.6. The van der Waals surface area contributed by atoms with Gasteiger partial charge in [-0.05, 0) is 115 Å². The maximum Gasteiger partial charge on any atom is 0.472 e. The van der Waals surface area contributed by atoms with E-state index < -0.39 is 20.0 Å². The first-order valence-corrected chi connectivity index (χ1v) is 33.7. The number of phosphoric ester groups is 1. The lowest BCUT2D eigenvalue weighted by atomic mass is 10.0. The van der Waals surface area contributed by atoms with Gasteiger partial charge in [0.05, 0.1) is 33.8 Å². The van der Waals surface area contributed by atoms with Gasteiger partial charge in [0, 0.05) is 12.8 Å². The lowest BCUT2D eigenvalue weighted by Gasteiger charge is -2.27. The average Bonchev–Trinajstić information content (AvgIpc) is 3.41. The molecule has 0 bridgehead atoms. The predicted molar refractivity (Wildman–Crippen MR) is 341 cm³/mol. The first-order valence-electron chi connectivity index (χ1n) is 32.2. The molecule has 0 aromatic heterocycles. The fraction of sp³-hybridized carbons (Fsp3) is 0.710. The standard InChI is InChI=1S/C69H121N2O7P/c1-7-10-13-16-19-22-25-27-29-31-32-33-34-35-36-37-38-40-41-43-46-49-52-55-58-61-68(72)70-66(65-77-79(74,75)76-64-63-71(4,5)6)67(60-57-54-51-48-45-24-21-18-15-12-9-3)78-69(73)62-59-56-53-50-47-44-42-39-30-28-26-23-20-17-14-11-8-2/h19-20,22-23,27-30,32-33,35-36,42,44,50,53,57,60,66-67H,7-18,21,24-26,31,34,37-41,43,45-49,51-52,54-56,58-59,61-65H2,1-6H3,(H-,70,72,74,75)/p+1/b22-19-,23-20-,29-27-,30-28-,33-32-,36-35-,44-42-,53-50-,60-57-. The van der Waals surface area contributed by atoms with Crippen molar-refractivity contribution in [3.63, 3.8) is 0 Å². The minimum absolute atomic E-state index is 0.0254. The van der Waals surface area contributed by atoms with Crippen LogP contribution >= 0.6 is 7.82 Å². The van der Waals surface area contributed by atoms with E-state index in [1.165, 1.54) is 128 Å². The molecule has 0 fully saturated rings. The van der Waals surface area contributed by atoms with Crippen LogP contribution in [0, 0.1) is 0 Å². The molecule has 0 saturated carbocycles. The first kappa shape index (κ1) is 75.7. The van der Waals surface area contributed by atoms with Crippen LogP contribution < -0.4 is 5.32 Å². The number of allylic oxidation sites excluding steroid dienone is 17. The molecule has 0 aromatic rings.